The van der Waals surface area contributed by atoms with Crippen LogP contribution in [0.4, 0.5) is 0 Å². The van der Waals surface area contributed by atoms with Gasteiger partial charge in [-0.05, 0) is 49.8 Å². The number of rotatable bonds is 9. The Kier molecular flexibility index (Phi) is 5.02. The number of nitrogens with one attached hydrogen (secondary N) is 1. The first-order valence-corrected chi connectivity index (χ1v) is 6.84. The monoisotopic (exact) mass is 249 g/mol. The molecule has 0 amide bonds. The second-order valence-electron chi connectivity index (χ2n) is 5.17. The van der Waals surface area contributed by atoms with Crippen LogP contribution >= 0.6 is 0 Å². The Hall–Kier alpha value is -1.06. The lowest BCUT2D eigenvalue weighted by Crippen LogP contribution is -2.26. The fourth-order valence-electron chi connectivity index (χ4n) is 2.19. The van der Waals surface area contributed by atoms with Crippen molar-refractivity contribution in [2.75, 3.05) is 26.3 Å². The molecule has 0 spiro atoms. The summed E-state index contributed by atoms with van der Waals surface area (Å²) in [5.41, 5.74) is 0.412. The molecule has 1 aromatic rings. The van der Waals surface area contributed by atoms with E-state index in [0.29, 0.717) is 12.0 Å². The molecular formula is C15H23NO2. The van der Waals surface area contributed by atoms with Crippen LogP contribution < -0.4 is 10.1 Å². The molecule has 0 unspecified atom stereocenters. The predicted octanol–water partition coefficient (Wildman–Crippen LogP) is 2.21. The average molecular weight is 249 g/mol. The molecule has 1 aliphatic rings. The van der Waals surface area contributed by atoms with E-state index in [2.05, 4.69) is 5.32 Å². The van der Waals surface area contributed by atoms with E-state index in [-0.39, 0.29) is 0 Å². The standard InChI is InChI=1S/C15H23NO2/c17-11-9-15(7-8-15)13-16-10-4-12-18-14-5-2-1-3-6-14/h1-3,5-6,16-17H,4,7-13H2. The van der Waals surface area contributed by atoms with Gasteiger partial charge in [-0.3, -0.25) is 0 Å². The van der Waals surface area contributed by atoms with Crippen molar-refractivity contribution >= 4 is 0 Å². The maximum absolute atomic E-state index is 8.96. The lowest BCUT2D eigenvalue weighted by Gasteiger charge is -2.14. The summed E-state index contributed by atoms with van der Waals surface area (Å²) in [6.45, 7) is 3.10. The van der Waals surface area contributed by atoms with E-state index in [1.54, 1.807) is 0 Å². The average Bonchev–Trinajstić information content (AvgIpc) is 3.15. The highest BCUT2D eigenvalue weighted by molar-refractivity contribution is 5.20. The molecule has 3 heteroatoms. The highest BCUT2D eigenvalue weighted by Crippen LogP contribution is 2.47. The molecule has 1 aliphatic carbocycles. The Morgan fingerprint density at radius 1 is 1.22 bits per heavy atom. The molecule has 1 fully saturated rings. The summed E-state index contributed by atoms with van der Waals surface area (Å²) in [7, 11) is 0. The van der Waals surface area contributed by atoms with E-state index < -0.39 is 0 Å². The molecule has 1 aromatic carbocycles. The summed E-state index contributed by atoms with van der Waals surface area (Å²) < 4.78 is 5.62. The molecule has 0 radical (unpaired) electrons. The van der Waals surface area contributed by atoms with E-state index >= 15 is 0 Å². The van der Waals surface area contributed by atoms with Gasteiger partial charge in [-0.2, -0.15) is 0 Å². The highest BCUT2D eigenvalue weighted by atomic mass is 16.5. The summed E-state index contributed by atoms with van der Waals surface area (Å²) in [6.07, 6.45) is 4.49. The molecule has 2 N–H and O–H groups in total. The van der Waals surface area contributed by atoms with Crippen LogP contribution in [-0.2, 0) is 0 Å². The number of para-hydroxylation sites is 1. The normalized spacial score (nSPS) is 16.5. The molecule has 0 heterocycles. The number of benzene rings is 1. The topological polar surface area (TPSA) is 41.5 Å². The lowest BCUT2D eigenvalue weighted by atomic mass is 10.0. The Bertz CT molecular complexity index is 336. The molecule has 0 saturated heterocycles. The molecule has 100 valence electrons. The molecule has 0 bridgehead atoms. The highest BCUT2D eigenvalue weighted by Gasteiger charge is 2.41. The number of hydrogen-bond donors (Lipinski definition) is 2. The third-order valence-electron chi connectivity index (χ3n) is 3.61. The van der Waals surface area contributed by atoms with Crippen LogP contribution in [0.1, 0.15) is 25.7 Å². The van der Waals surface area contributed by atoms with E-state index in [4.69, 9.17) is 9.84 Å². The summed E-state index contributed by atoms with van der Waals surface area (Å²) in [6, 6.07) is 9.92. The van der Waals surface area contributed by atoms with Crippen molar-refractivity contribution in [2.24, 2.45) is 5.41 Å². The maximum Gasteiger partial charge on any atom is 0.119 e. The maximum atomic E-state index is 8.96. The van der Waals surface area contributed by atoms with Gasteiger partial charge in [0.25, 0.3) is 0 Å². The van der Waals surface area contributed by atoms with Crippen molar-refractivity contribution in [1.29, 1.82) is 0 Å². The molecule has 0 aliphatic heterocycles. The van der Waals surface area contributed by atoms with E-state index in [1.807, 2.05) is 30.3 Å². The largest absolute Gasteiger partial charge is 0.494 e. The zero-order valence-electron chi connectivity index (χ0n) is 10.9. The van der Waals surface area contributed by atoms with Crippen LogP contribution in [0.25, 0.3) is 0 Å². The van der Waals surface area contributed by atoms with Gasteiger partial charge >= 0.3 is 0 Å². The molecule has 2 rings (SSSR count). The minimum absolute atomic E-state index is 0.318. The fraction of sp³-hybridized carbons (Fsp3) is 0.600. The van der Waals surface area contributed by atoms with Crippen LogP contribution in [0.15, 0.2) is 30.3 Å². The number of ether oxygens (including phenoxy) is 1. The minimum atomic E-state index is 0.318. The molecule has 18 heavy (non-hydrogen) atoms. The van der Waals surface area contributed by atoms with Crippen molar-refractivity contribution in [3.8, 4) is 5.75 Å². The molecule has 0 atom stereocenters. The summed E-state index contributed by atoms with van der Waals surface area (Å²) >= 11 is 0. The van der Waals surface area contributed by atoms with Crippen LogP contribution in [0, 0.1) is 5.41 Å². The first kappa shape index (κ1) is 13.4. The number of hydrogen-bond acceptors (Lipinski definition) is 3. The summed E-state index contributed by atoms with van der Waals surface area (Å²) in [5.74, 6) is 0.941. The predicted molar refractivity (Wildman–Crippen MR) is 72.8 cm³/mol. The third kappa shape index (κ3) is 4.31. The second kappa shape index (κ2) is 6.76. The minimum Gasteiger partial charge on any atom is -0.494 e. The van der Waals surface area contributed by atoms with Crippen molar-refractivity contribution in [3.63, 3.8) is 0 Å². The van der Waals surface area contributed by atoms with Gasteiger partial charge in [0.1, 0.15) is 5.75 Å². The molecule has 3 nitrogen and oxygen atoms in total. The zero-order chi connectivity index (χ0) is 12.7. The first-order chi connectivity index (χ1) is 8.85. The van der Waals surface area contributed by atoms with Crippen LogP contribution in [0.5, 0.6) is 5.75 Å². The molecule has 0 aromatic heterocycles. The smallest absolute Gasteiger partial charge is 0.119 e. The second-order valence-corrected chi connectivity index (χ2v) is 5.17. The van der Waals surface area contributed by atoms with Crippen molar-refractivity contribution in [2.45, 2.75) is 25.7 Å². The van der Waals surface area contributed by atoms with Crippen LogP contribution in [-0.4, -0.2) is 31.4 Å². The van der Waals surface area contributed by atoms with Gasteiger partial charge in [0.05, 0.1) is 6.61 Å². The quantitative estimate of drug-likeness (QED) is 0.659. The van der Waals surface area contributed by atoms with Crippen molar-refractivity contribution in [3.05, 3.63) is 30.3 Å². The van der Waals surface area contributed by atoms with Gasteiger partial charge in [0.2, 0.25) is 0 Å². The Labute approximate surface area is 109 Å². The summed E-state index contributed by atoms with van der Waals surface area (Å²) in [4.78, 5) is 0. The van der Waals surface area contributed by atoms with Crippen LogP contribution in [0.2, 0.25) is 0 Å². The van der Waals surface area contributed by atoms with E-state index in [1.165, 1.54) is 12.8 Å². The Morgan fingerprint density at radius 3 is 2.67 bits per heavy atom. The van der Waals surface area contributed by atoms with Gasteiger partial charge < -0.3 is 15.2 Å². The molecule has 1 saturated carbocycles. The first-order valence-electron chi connectivity index (χ1n) is 6.84. The van der Waals surface area contributed by atoms with Gasteiger partial charge in [-0.25, -0.2) is 0 Å². The Morgan fingerprint density at radius 2 is 2.00 bits per heavy atom. The number of aliphatic hydroxyl groups is 1. The van der Waals surface area contributed by atoms with Gasteiger partial charge in [-0.15, -0.1) is 0 Å². The molecular weight excluding hydrogens is 226 g/mol. The third-order valence-corrected chi connectivity index (χ3v) is 3.61. The van der Waals surface area contributed by atoms with E-state index in [9.17, 15) is 0 Å². The van der Waals surface area contributed by atoms with Crippen LogP contribution in [0.3, 0.4) is 0 Å². The van der Waals surface area contributed by atoms with Gasteiger partial charge in [-0.1, -0.05) is 18.2 Å². The SMILES string of the molecule is OCCC1(CNCCCOc2ccccc2)CC1. The van der Waals surface area contributed by atoms with Crippen molar-refractivity contribution in [1.82, 2.24) is 5.32 Å². The van der Waals surface area contributed by atoms with Gasteiger partial charge in [0, 0.05) is 13.2 Å². The van der Waals surface area contributed by atoms with E-state index in [0.717, 1.165) is 38.3 Å². The summed E-state index contributed by atoms with van der Waals surface area (Å²) in [5, 5.41) is 12.4. The van der Waals surface area contributed by atoms with Gasteiger partial charge in [0.15, 0.2) is 0 Å². The Balaban J connectivity index is 1.49. The number of aliphatic hydroxyl groups excluding tert-OH is 1. The lowest BCUT2D eigenvalue weighted by molar-refractivity contribution is 0.243. The fourth-order valence-corrected chi connectivity index (χ4v) is 2.19. The van der Waals surface area contributed by atoms with Crippen molar-refractivity contribution < 1.29 is 9.84 Å². The zero-order valence-corrected chi connectivity index (χ0v) is 10.9.